The predicted octanol–water partition coefficient (Wildman–Crippen LogP) is 8.96. The van der Waals surface area contributed by atoms with Gasteiger partial charge in [-0.15, -0.1) is 0 Å². The minimum atomic E-state index is -1.55. The molecule has 0 aromatic heterocycles. The molecule has 0 amide bonds. The summed E-state index contributed by atoms with van der Waals surface area (Å²) in [5.41, 5.74) is -0.996. The van der Waals surface area contributed by atoms with Gasteiger partial charge in [-0.25, -0.2) is 9.59 Å². The van der Waals surface area contributed by atoms with Crippen molar-refractivity contribution in [2.24, 2.45) is 50.2 Å². The van der Waals surface area contributed by atoms with E-state index in [4.69, 9.17) is 14.2 Å². The number of benzene rings is 2. The molecule has 2 aromatic rings. The summed E-state index contributed by atoms with van der Waals surface area (Å²) >= 11 is 0. The van der Waals surface area contributed by atoms with E-state index in [1.54, 1.807) is 30.3 Å². The van der Waals surface area contributed by atoms with Crippen LogP contribution in [-0.2, 0) is 28.6 Å². The molecule has 4 fully saturated rings. The molecular weight excluding hydrogens is 705 g/mol. The van der Waals surface area contributed by atoms with E-state index in [0.717, 1.165) is 49.5 Å². The monoisotopic (exact) mass is 764 g/mol. The van der Waals surface area contributed by atoms with Crippen LogP contribution in [0.2, 0.25) is 0 Å². The smallest absolute Gasteiger partial charge is 0.338 e. The van der Waals surface area contributed by atoms with Crippen molar-refractivity contribution in [3.8, 4) is 0 Å². The molecule has 0 saturated heterocycles. The number of aliphatic hydroxyl groups is 1. The van der Waals surface area contributed by atoms with Crippen LogP contribution in [0.5, 0.6) is 0 Å². The summed E-state index contributed by atoms with van der Waals surface area (Å²) in [6.45, 7) is 17.0. The highest BCUT2D eigenvalue weighted by molar-refractivity contribution is 5.90. The standard InChI is InChI=1S/C48H60O8/c1-30(50)54-38-28-47(8)33(20-21-36-45(6)25-24-37(51)44(4,5)35(45)23-26-46(36,47)7)34-27-43(2,3)40(56-42(53)32-17-13-10-14-18-32)41(48(34,38)29-49)55-39(52)22-19-31-15-11-9-12-16-31/h9-20,22,29,34-38,40-41,51H,21,23-28H2,1-8H3/b22-19+/t34?,35?,36?,37-,38+,40-,41-,45-,46+,47+,48-/m0/s1. The summed E-state index contributed by atoms with van der Waals surface area (Å²) in [6.07, 6.45) is 7.76. The third-order valence-electron chi connectivity index (χ3n) is 16.1. The van der Waals surface area contributed by atoms with E-state index < -0.39 is 58.4 Å². The van der Waals surface area contributed by atoms with E-state index in [-0.39, 0.29) is 22.3 Å². The van der Waals surface area contributed by atoms with E-state index in [1.165, 1.54) is 13.0 Å². The third kappa shape index (κ3) is 6.11. The van der Waals surface area contributed by atoms with Crippen LogP contribution < -0.4 is 0 Å². The summed E-state index contributed by atoms with van der Waals surface area (Å²) in [4.78, 5) is 55.3. The first-order valence-electron chi connectivity index (χ1n) is 20.6. The molecule has 0 spiro atoms. The van der Waals surface area contributed by atoms with Gasteiger partial charge in [0.1, 0.15) is 23.9 Å². The number of aliphatic hydroxyl groups excluding tert-OH is 1. The van der Waals surface area contributed by atoms with Gasteiger partial charge < -0.3 is 24.1 Å². The predicted molar refractivity (Wildman–Crippen MR) is 214 cm³/mol. The maximum atomic E-state index is 14.3. The third-order valence-corrected chi connectivity index (χ3v) is 16.1. The minimum absolute atomic E-state index is 0.0252. The Labute approximate surface area is 332 Å². The maximum absolute atomic E-state index is 14.3. The SMILES string of the molecule is CC(=O)O[C@@H]1C[C@]2(C)C(=CCC3[C@@]4(C)CC[C@H](O)C(C)(C)C4CC[C@]32C)C2CC(C)(C)[C@@H](OC(=O)c3ccccc3)[C@H](OC(=O)/C=C/c3ccccc3)[C@@]21C=O. The number of carbonyl (C=O) groups is 4. The Morgan fingerprint density at radius 3 is 2.09 bits per heavy atom. The van der Waals surface area contributed by atoms with E-state index in [9.17, 15) is 24.3 Å². The molecule has 56 heavy (non-hydrogen) atoms. The second-order valence-electron chi connectivity index (χ2n) is 19.6. The van der Waals surface area contributed by atoms with Gasteiger partial charge in [0.25, 0.3) is 0 Å². The fourth-order valence-electron chi connectivity index (χ4n) is 13.0. The molecule has 1 N–H and O–H groups in total. The minimum Gasteiger partial charge on any atom is -0.461 e. The van der Waals surface area contributed by atoms with E-state index in [2.05, 4.69) is 40.7 Å². The van der Waals surface area contributed by atoms with Crippen LogP contribution in [-0.4, -0.2) is 53.7 Å². The maximum Gasteiger partial charge on any atom is 0.338 e. The fourth-order valence-corrected chi connectivity index (χ4v) is 13.0. The van der Waals surface area contributed by atoms with Crippen LogP contribution in [0.15, 0.2) is 78.4 Å². The number of carbonyl (C=O) groups excluding carboxylic acids is 4. The lowest BCUT2D eigenvalue weighted by Crippen LogP contribution is -2.72. The number of fused-ring (bicyclic) bond motifs is 7. The largest absolute Gasteiger partial charge is 0.461 e. The molecule has 0 heterocycles. The lowest BCUT2D eigenvalue weighted by molar-refractivity contribution is -0.247. The Bertz CT molecular complexity index is 1910. The molecule has 7 rings (SSSR count). The van der Waals surface area contributed by atoms with Crippen molar-refractivity contribution in [2.75, 3.05) is 0 Å². The van der Waals surface area contributed by atoms with Gasteiger partial charge in [0.15, 0.2) is 6.10 Å². The molecule has 0 bridgehead atoms. The van der Waals surface area contributed by atoms with Gasteiger partial charge in [0.2, 0.25) is 0 Å². The molecule has 0 radical (unpaired) electrons. The van der Waals surface area contributed by atoms with Crippen molar-refractivity contribution in [3.63, 3.8) is 0 Å². The second-order valence-corrected chi connectivity index (χ2v) is 19.6. The second kappa shape index (κ2) is 14.1. The number of hydrogen-bond donors (Lipinski definition) is 1. The number of ether oxygens (including phenoxy) is 3. The van der Waals surface area contributed by atoms with E-state index in [0.29, 0.717) is 30.2 Å². The van der Waals surface area contributed by atoms with Gasteiger partial charge in [-0.1, -0.05) is 109 Å². The van der Waals surface area contributed by atoms with Crippen LogP contribution in [0.25, 0.3) is 6.08 Å². The molecule has 4 saturated carbocycles. The van der Waals surface area contributed by atoms with Gasteiger partial charge in [0.05, 0.1) is 11.7 Å². The molecule has 11 atom stereocenters. The Morgan fingerprint density at radius 1 is 0.786 bits per heavy atom. The number of esters is 3. The number of aldehydes is 1. The summed E-state index contributed by atoms with van der Waals surface area (Å²) in [5, 5.41) is 11.2. The van der Waals surface area contributed by atoms with Crippen LogP contribution in [0.3, 0.4) is 0 Å². The Hall–Kier alpha value is -4.04. The highest BCUT2D eigenvalue weighted by Crippen LogP contribution is 2.76. The van der Waals surface area contributed by atoms with Crippen molar-refractivity contribution in [3.05, 3.63) is 89.5 Å². The van der Waals surface area contributed by atoms with Gasteiger partial charge in [0, 0.05) is 24.3 Å². The fraction of sp³-hybridized carbons (Fsp3) is 0.583. The van der Waals surface area contributed by atoms with Crippen molar-refractivity contribution < 1.29 is 38.5 Å². The molecule has 2 aromatic carbocycles. The molecule has 5 aliphatic rings. The van der Waals surface area contributed by atoms with Gasteiger partial charge in [-0.05, 0) is 102 Å². The highest BCUT2D eigenvalue weighted by atomic mass is 16.6. The van der Waals surface area contributed by atoms with Crippen LogP contribution in [0, 0.1) is 50.2 Å². The number of allylic oxidation sites excluding steroid dienone is 2. The van der Waals surface area contributed by atoms with Crippen LogP contribution in [0.1, 0.15) is 116 Å². The molecule has 300 valence electrons. The molecule has 8 heteroatoms. The first-order chi connectivity index (χ1) is 26.3. The molecule has 3 unspecified atom stereocenters. The number of hydrogen-bond acceptors (Lipinski definition) is 8. The summed E-state index contributed by atoms with van der Waals surface area (Å²) in [7, 11) is 0. The molecule has 8 nitrogen and oxygen atoms in total. The average molecular weight is 765 g/mol. The van der Waals surface area contributed by atoms with Crippen LogP contribution >= 0.6 is 0 Å². The molecular formula is C48H60O8. The van der Waals surface area contributed by atoms with Crippen molar-refractivity contribution >= 4 is 30.3 Å². The lowest BCUT2D eigenvalue weighted by atomic mass is 9.33. The molecule has 5 aliphatic carbocycles. The zero-order valence-corrected chi connectivity index (χ0v) is 34.4. The Balaban J connectivity index is 1.37. The first kappa shape index (κ1) is 40.2. The van der Waals surface area contributed by atoms with Crippen molar-refractivity contribution in [1.29, 1.82) is 0 Å². The normalized spacial score (nSPS) is 39.4. The lowest BCUT2D eigenvalue weighted by Gasteiger charge is -2.72. The Morgan fingerprint density at radius 2 is 1.45 bits per heavy atom. The zero-order chi connectivity index (χ0) is 40.5. The molecule has 0 aliphatic heterocycles. The van der Waals surface area contributed by atoms with Gasteiger partial charge >= 0.3 is 17.9 Å². The average Bonchev–Trinajstić information content (AvgIpc) is 3.14. The van der Waals surface area contributed by atoms with E-state index >= 15 is 0 Å². The summed E-state index contributed by atoms with van der Waals surface area (Å²) in [5.74, 6) is -1.65. The topological polar surface area (TPSA) is 116 Å². The zero-order valence-electron chi connectivity index (χ0n) is 34.4. The van der Waals surface area contributed by atoms with Gasteiger partial charge in [-0.2, -0.15) is 0 Å². The van der Waals surface area contributed by atoms with Crippen molar-refractivity contribution in [1.82, 2.24) is 0 Å². The summed E-state index contributed by atoms with van der Waals surface area (Å²) < 4.78 is 19.2. The van der Waals surface area contributed by atoms with Crippen molar-refractivity contribution in [2.45, 2.75) is 125 Å². The Kier molecular flexibility index (Phi) is 10.1. The first-order valence-corrected chi connectivity index (χ1v) is 20.6. The summed E-state index contributed by atoms with van der Waals surface area (Å²) in [6, 6.07) is 18.0. The quantitative estimate of drug-likeness (QED) is 0.0977. The highest BCUT2D eigenvalue weighted by Gasteiger charge is 2.74. The van der Waals surface area contributed by atoms with Gasteiger partial charge in [-0.3, -0.25) is 4.79 Å². The number of rotatable bonds is 7. The van der Waals surface area contributed by atoms with E-state index in [1.807, 2.05) is 50.2 Å². The van der Waals surface area contributed by atoms with Crippen LogP contribution in [0.4, 0.5) is 0 Å².